The summed E-state index contributed by atoms with van der Waals surface area (Å²) < 4.78 is 0. The molecule has 0 atom stereocenters. The van der Waals surface area contributed by atoms with Gasteiger partial charge in [-0.1, -0.05) is 57.0 Å². The Morgan fingerprint density at radius 1 is 1.04 bits per heavy atom. The lowest BCUT2D eigenvalue weighted by Crippen LogP contribution is -2.18. The summed E-state index contributed by atoms with van der Waals surface area (Å²) in [6.45, 7) is 9.74. The van der Waals surface area contributed by atoms with Gasteiger partial charge in [0.25, 0.3) is 0 Å². The molecule has 2 aromatic carbocycles. The van der Waals surface area contributed by atoms with Crippen molar-refractivity contribution in [3.8, 4) is 11.1 Å². The van der Waals surface area contributed by atoms with Crippen LogP contribution in [0.25, 0.3) is 11.1 Å². The van der Waals surface area contributed by atoms with Crippen LogP contribution in [0, 0.1) is 0 Å². The lowest BCUT2D eigenvalue weighted by Gasteiger charge is -2.20. The summed E-state index contributed by atoms with van der Waals surface area (Å²) in [7, 11) is 0. The van der Waals surface area contributed by atoms with Gasteiger partial charge in [0, 0.05) is 11.6 Å². The van der Waals surface area contributed by atoms with E-state index < -0.39 is 0 Å². The van der Waals surface area contributed by atoms with Gasteiger partial charge in [0.15, 0.2) is 5.78 Å². The van der Waals surface area contributed by atoms with Gasteiger partial charge in [-0.05, 0) is 49.7 Å². The number of aliphatic imine (C=N–C) groups is 1. The monoisotopic (exact) mass is 336 g/mol. The molecule has 0 aromatic heterocycles. The van der Waals surface area contributed by atoms with Crippen LogP contribution in [-0.2, 0) is 0 Å². The van der Waals surface area contributed by atoms with Gasteiger partial charge < -0.3 is 5.32 Å². The molecular formula is C22H28N2O. The van der Waals surface area contributed by atoms with Crippen LogP contribution in [-0.4, -0.2) is 18.5 Å². The quantitative estimate of drug-likeness (QED) is 0.433. The van der Waals surface area contributed by atoms with E-state index in [4.69, 9.17) is 0 Å². The highest BCUT2D eigenvalue weighted by molar-refractivity contribution is 5.94. The molecule has 0 amide bonds. The first kappa shape index (κ1) is 18.9. The van der Waals surface area contributed by atoms with Crippen molar-refractivity contribution < 1.29 is 4.79 Å². The number of Topliss-reactive ketones (excluding diaryl/α,β-unsaturated/α-hetero) is 1. The smallest absolute Gasteiger partial charge is 0.159 e. The summed E-state index contributed by atoms with van der Waals surface area (Å²) in [6.07, 6.45) is 4.63. The minimum atomic E-state index is 0.0810. The number of hydrogen-bond donors (Lipinski definition) is 1. The Kier molecular flexibility index (Phi) is 6.93. The zero-order chi connectivity index (χ0) is 18.2. The molecule has 0 spiro atoms. The van der Waals surface area contributed by atoms with Crippen molar-refractivity contribution in [1.29, 1.82) is 0 Å². The molecular weight excluding hydrogens is 308 g/mol. The first-order valence-corrected chi connectivity index (χ1v) is 9.07. The summed E-state index contributed by atoms with van der Waals surface area (Å²) in [6, 6.07) is 14.4. The van der Waals surface area contributed by atoms with Crippen LogP contribution in [0.2, 0.25) is 0 Å². The largest absolute Gasteiger partial charge is 0.381 e. The first-order valence-electron chi connectivity index (χ1n) is 9.07. The second-order valence-corrected chi connectivity index (χ2v) is 6.44. The van der Waals surface area contributed by atoms with Crippen molar-refractivity contribution in [1.82, 2.24) is 0 Å². The van der Waals surface area contributed by atoms with E-state index in [0.717, 1.165) is 53.7 Å². The molecule has 0 aliphatic carbocycles. The molecule has 0 unspecified atom stereocenters. The van der Waals surface area contributed by atoms with Crippen LogP contribution >= 0.6 is 0 Å². The summed E-state index contributed by atoms with van der Waals surface area (Å²) >= 11 is 0. The van der Waals surface area contributed by atoms with Gasteiger partial charge in [-0.2, -0.15) is 0 Å². The van der Waals surface area contributed by atoms with Crippen molar-refractivity contribution in [3.05, 3.63) is 48.0 Å². The molecule has 3 nitrogen and oxygen atoms in total. The average molecular weight is 336 g/mol. The van der Waals surface area contributed by atoms with Crippen LogP contribution in [0.3, 0.4) is 0 Å². The van der Waals surface area contributed by atoms with Crippen molar-refractivity contribution in [2.24, 2.45) is 4.99 Å². The molecule has 1 N–H and O–H groups in total. The van der Waals surface area contributed by atoms with Crippen LogP contribution in [0.5, 0.6) is 0 Å². The zero-order valence-corrected chi connectivity index (χ0v) is 15.5. The number of anilines is 1. The lowest BCUT2D eigenvalue weighted by atomic mass is 10.0. The predicted molar refractivity (Wildman–Crippen MR) is 108 cm³/mol. The lowest BCUT2D eigenvalue weighted by molar-refractivity contribution is 0.101. The Labute approximate surface area is 151 Å². The van der Waals surface area contributed by atoms with E-state index in [1.54, 1.807) is 6.92 Å². The SMILES string of the molecule is C=Nc1cc(-c2ccc(C(C)=O)cc2)ccc1NC(CCC)CCC. The number of carbonyl (C=O) groups is 1. The maximum absolute atomic E-state index is 11.4. The fourth-order valence-electron chi connectivity index (χ4n) is 3.07. The normalized spacial score (nSPS) is 10.7. The molecule has 0 saturated carbocycles. The van der Waals surface area contributed by atoms with Crippen molar-refractivity contribution >= 4 is 23.9 Å². The van der Waals surface area contributed by atoms with E-state index in [1.165, 1.54) is 0 Å². The molecule has 2 rings (SSSR count). The number of nitrogens with one attached hydrogen (secondary N) is 1. The first-order chi connectivity index (χ1) is 12.1. The van der Waals surface area contributed by atoms with E-state index in [0.29, 0.717) is 6.04 Å². The van der Waals surface area contributed by atoms with Crippen LogP contribution < -0.4 is 5.32 Å². The maximum atomic E-state index is 11.4. The summed E-state index contributed by atoms with van der Waals surface area (Å²) in [4.78, 5) is 15.6. The molecule has 0 aliphatic rings. The van der Waals surface area contributed by atoms with Gasteiger partial charge in [-0.25, -0.2) is 0 Å². The van der Waals surface area contributed by atoms with E-state index in [2.05, 4.69) is 43.0 Å². The maximum Gasteiger partial charge on any atom is 0.159 e. The Bertz CT molecular complexity index is 713. The van der Waals surface area contributed by atoms with Gasteiger partial charge >= 0.3 is 0 Å². The number of carbonyl (C=O) groups excluding carboxylic acids is 1. The highest BCUT2D eigenvalue weighted by atomic mass is 16.1. The molecule has 0 radical (unpaired) electrons. The van der Waals surface area contributed by atoms with E-state index in [1.807, 2.05) is 30.3 Å². The fraction of sp³-hybridized carbons (Fsp3) is 0.364. The predicted octanol–water partition coefficient (Wildman–Crippen LogP) is 6.27. The Morgan fingerprint density at radius 3 is 2.16 bits per heavy atom. The summed E-state index contributed by atoms with van der Waals surface area (Å²) in [5.74, 6) is 0.0810. The summed E-state index contributed by atoms with van der Waals surface area (Å²) in [5.41, 5.74) is 4.77. The Hall–Kier alpha value is -2.42. The van der Waals surface area contributed by atoms with Gasteiger partial charge in [-0.15, -0.1) is 0 Å². The highest BCUT2D eigenvalue weighted by Crippen LogP contribution is 2.32. The minimum absolute atomic E-state index is 0.0810. The van der Waals surface area contributed by atoms with Crippen molar-refractivity contribution in [2.45, 2.75) is 52.5 Å². The van der Waals surface area contributed by atoms with E-state index >= 15 is 0 Å². The molecule has 3 heteroatoms. The van der Waals surface area contributed by atoms with E-state index in [9.17, 15) is 4.79 Å². The molecule has 0 aliphatic heterocycles. The number of rotatable bonds is 9. The molecule has 0 saturated heterocycles. The molecule has 0 bridgehead atoms. The molecule has 0 fully saturated rings. The van der Waals surface area contributed by atoms with Gasteiger partial charge in [0.2, 0.25) is 0 Å². The Morgan fingerprint density at radius 2 is 1.64 bits per heavy atom. The molecule has 0 heterocycles. The van der Waals surface area contributed by atoms with Crippen LogP contribution in [0.15, 0.2) is 47.5 Å². The third-order valence-electron chi connectivity index (χ3n) is 4.43. The second kappa shape index (κ2) is 9.16. The molecule has 2 aromatic rings. The Balaban J connectivity index is 2.26. The highest BCUT2D eigenvalue weighted by Gasteiger charge is 2.10. The second-order valence-electron chi connectivity index (χ2n) is 6.44. The van der Waals surface area contributed by atoms with Crippen molar-refractivity contribution in [3.63, 3.8) is 0 Å². The van der Waals surface area contributed by atoms with Crippen LogP contribution in [0.1, 0.15) is 56.8 Å². The average Bonchev–Trinajstić information content (AvgIpc) is 2.62. The number of nitrogens with zero attached hydrogens (tertiary/aromatic N) is 1. The summed E-state index contributed by atoms with van der Waals surface area (Å²) in [5, 5.41) is 3.62. The minimum Gasteiger partial charge on any atom is -0.381 e. The topological polar surface area (TPSA) is 41.5 Å². The molecule has 25 heavy (non-hydrogen) atoms. The standard InChI is InChI=1S/C22H28N2O/c1-5-7-20(8-6-2)24-21-14-13-19(15-22(21)23-4)18-11-9-17(10-12-18)16(3)25/h9-15,20,24H,4-8H2,1-3H3. The van der Waals surface area contributed by atoms with Gasteiger partial charge in [0.05, 0.1) is 11.4 Å². The van der Waals surface area contributed by atoms with Gasteiger partial charge in [-0.3, -0.25) is 9.79 Å². The number of hydrogen-bond acceptors (Lipinski definition) is 3. The molecule has 132 valence electrons. The van der Waals surface area contributed by atoms with E-state index in [-0.39, 0.29) is 5.78 Å². The number of benzene rings is 2. The third-order valence-corrected chi connectivity index (χ3v) is 4.43. The van der Waals surface area contributed by atoms with Crippen molar-refractivity contribution in [2.75, 3.05) is 5.32 Å². The third kappa shape index (κ3) is 5.02. The van der Waals surface area contributed by atoms with Gasteiger partial charge in [0.1, 0.15) is 0 Å². The fourth-order valence-corrected chi connectivity index (χ4v) is 3.07. The zero-order valence-electron chi connectivity index (χ0n) is 15.5. The van der Waals surface area contributed by atoms with Crippen LogP contribution in [0.4, 0.5) is 11.4 Å². The number of ketones is 1.